The maximum Gasteiger partial charge on any atom is 0.269 e. The molecule has 158 valence electrons. The van der Waals surface area contributed by atoms with Gasteiger partial charge in [-0.25, -0.2) is 13.1 Å². The van der Waals surface area contributed by atoms with Crippen LogP contribution in [0, 0.1) is 0 Å². The highest BCUT2D eigenvalue weighted by atomic mass is 35.5. The van der Waals surface area contributed by atoms with Gasteiger partial charge in [0.1, 0.15) is 0 Å². The van der Waals surface area contributed by atoms with Crippen LogP contribution in [0.15, 0.2) is 58.9 Å². The Kier molecular flexibility index (Phi) is 7.38. The molecule has 30 heavy (non-hydrogen) atoms. The van der Waals surface area contributed by atoms with Gasteiger partial charge in [-0.2, -0.15) is 0 Å². The number of hydrogen-bond donors (Lipinski definition) is 2. The third-order valence-corrected chi connectivity index (χ3v) is 7.13. The lowest BCUT2D eigenvalue weighted by Crippen LogP contribution is -2.28. The summed E-state index contributed by atoms with van der Waals surface area (Å²) in [5.41, 5.74) is 1.32. The summed E-state index contributed by atoms with van der Waals surface area (Å²) in [5, 5.41) is 10.3. The van der Waals surface area contributed by atoms with E-state index in [1.807, 2.05) is 42.3 Å². The molecule has 3 rings (SSSR count). The Balaban J connectivity index is 1.52. The minimum absolute atomic E-state index is 0.0732. The maximum atomic E-state index is 12.4. The Morgan fingerprint density at radius 3 is 2.53 bits per heavy atom. The minimum Gasteiger partial charge on any atom is -0.375 e. The summed E-state index contributed by atoms with van der Waals surface area (Å²) in [5.74, 6) is -0.488. The fourth-order valence-electron chi connectivity index (χ4n) is 2.57. The number of benzene rings is 2. The summed E-state index contributed by atoms with van der Waals surface area (Å²) < 4.78 is 27.1. The number of carbonyl (C=O) groups is 1. The van der Waals surface area contributed by atoms with Crippen LogP contribution in [0.2, 0.25) is 5.02 Å². The second-order valence-corrected chi connectivity index (χ2v) is 9.64. The van der Waals surface area contributed by atoms with Crippen molar-refractivity contribution in [2.75, 3.05) is 30.4 Å². The molecule has 2 aromatic carbocycles. The fraction of sp³-hybridized carbons (Fsp3) is 0.211. The number of aromatic nitrogens is 2. The topological polar surface area (TPSA) is 104 Å². The van der Waals surface area contributed by atoms with Crippen molar-refractivity contribution in [3.05, 3.63) is 65.2 Å². The Morgan fingerprint density at radius 2 is 1.80 bits per heavy atom. The molecule has 0 saturated heterocycles. The maximum absolute atomic E-state index is 12.4. The lowest BCUT2D eigenvalue weighted by atomic mass is 10.2. The van der Waals surface area contributed by atoms with Crippen molar-refractivity contribution in [3.63, 3.8) is 0 Å². The fourth-order valence-corrected chi connectivity index (χ4v) is 4.81. The summed E-state index contributed by atoms with van der Waals surface area (Å²) >= 11 is 6.76. The monoisotopic (exact) mass is 465 g/mol. The lowest BCUT2D eigenvalue weighted by molar-refractivity contribution is 0.102. The molecule has 1 heterocycles. The molecule has 2 N–H and O–H groups in total. The highest BCUT2D eigenvalue weighted by molar-refractivity contribution is 7.91. The van der Waals surface area contributed by atoms with Crippen molar-refractivity contribution < 1.29 is 13.2 Å². The van der Waals surface area contributed by atoms with E-state index in [4.69, 9.17) is 11.6 Å². The number of amides is 1. The normalized spacial score (nSPS) is 11.3. The number of sulfonamides is 1. The Hall–Kier alpha value is -2.53. The van der Waals surface area contributed by atoms with Gasteiger partial charge in [-0.3, -0.25) is 10.1 Å². The molecular formula is C19H20ClN5O3S2. The van der Waals surface area contributed by atoms with Gasteiger partial charge in [0.25, 0.3) is 15.9 Å². The van der Waals surface area contributed by atoms with Crippen LogP contribution >= 0.6 is 22.9 Å². The summed E-state index contributed by atoms with van der Waals surface area (Å²) in [4.78, 5) is 14.3. The van der Waals surface area contributed by atoms with Crippen LogP contribution in [0.25, 0.3) is 0 Å². The molecular weight excluding hydrogens is 446 g/mol. The first kappa shape index (κ1) is 22.2. The van der Waals surface area contributed by atoms with Crippen LogP contribution < -0.4 is 14.9 Å². The molecule has 0 unspecified atom stereocenters. The van der Waals surface area contributed by atoms with E-state index in [9.17, 15) is 13.2 Å². The molecule has 8 nitrogen and oxygen atoms in total. The number of rotatable bonds is 9. The molecule has 1 aromatic heterocycles. The van der Waals surface area contributed by atoms with Crippen LogP contribution in [0.3, 0.4) is 0 Å². The van der Waals surface area contributed by atoms with E-state index >= 15 is 0 Å². The predicted molar refractivity (Wildman–Crippen MR) is 119 cm³/mol. The number of halogens is 1. The Bertz CT molecular complexity index is 1110. The first-order chi connectivity index (χ1) is 14.4. The molecule has 11 heteroatoms. The average Bonchev–Trinajstić information content (AvgIpc) is 3.21. The molecule has 0 aliphatic heterocycles. The molecule has 1 amide bonds. The quantitative estimate of drug-likeness (QED) is 0.371. The second-order valence-electron chi connectivity index (χ2n) is 6.32. The molecule has 0 aliphatic carbocycles. The van der Waals surface area contributed by atoms with Crippen molar-refractivity contribution in [1.29, 1.82) is 0 Å². The van der Waals surface area contributed by atoms with E-state index in [0.29, 0.717) is 13.0 Å². The first-order valence-corrected chi connectivity index (χ1v) is 11.7. The molecule has 0 aliphatic rings. The first-order valence-electron chi connectivity index (χ1n) is 9.02. The minimum atomic E-state index is -3.81. The zero-order chi connectivity index (χ0) is 21.6. The number of nitrogens with one attached hydrogen (secondary N) is 2. The van der Waals surface area contributed by atoms with Crippen LogP contribution in [0.5, 0.6) is 0 Å². The highest BCUT2D eigenvalue weighted by Crippen LogP contribution is 2.22. The van der Waals surface area contributed by atoms with Crippen LogP contribution in [0.4, 0.5) is 10.8 Å². The molecule has 0 spiro atoms. The van der Waals surface area contributed by atoms with Gasteiger partial charge in [0.05, 0.1) is 10.6 Å². The number of hydrogen-bond acceptors (Lipinski definition) is 7. The second kappa shape index (κ2) is 9.98. The van der Waals surface area contributed by atoms with E-state index in [2.05, 4.69) is 20.2 Å². The average molecular weight is 466 g/mol. The summed E-state index contributed by atoms with van der Waals surface area (Å²) in [7, 11) is -1.86. The van der Waals surface area contributed by atoms with Crippen LogP contribution in [-0.2, 0) is 10.0 Å². The van der Waals surface area contributed by atoms with Crippen molar-refractivity contribution in [1.82, 2.24) is 14.9 Å². The van der Waals surface area contributed by atoms with Crippen molar-refractivity contribution in [2.24, 2.45) is 0 Å². The van der Waals surface area contributed by atoms with E-state index in [1.54, 1.807) is 24.3 Å². The summed E-state index contributed by atoms with van der Waals surface area (Å²) in [6, 6.07) is 16.4. The van der Waals surface area contributed by atoms with Gasteiger partial charge in [-0.05, 0) is 30.7 Å². The van der Waals surface area contributed by atoms with Gasteiger partial charge in [0.15, 0.2) is 0 Å². The summed E-state index contributed by atoms with van der Waals surface area (Å²) in [6.45, 7) is 0.933. The largest absolute Gasteiger partial charge is 0.375 e. The zero-order valence-corrected chi connectivity index (χ0v) is 18.5. The number of anilines is 2. The van der Waals surface area contributed by atoms with Crippen molar-refractivity contribution in [2.45, 2.75) is 10.8 Å². The van der Waals surface area contributed by atoms with Gasteiger partial charge in [-0.15, -0.1) is 10.2 Å². The molecule has 0 fully saturated rings. The number of nitrogens with zero attached hydrogens (tertiary/aromatic N) is 3. The van der Waals surface area contributed by atoms with Gasteiger partial charge in [-0.1, -0.05) is 53.3 Å². The van der Waals surface area contributed by atoms with E-state index in [0.717, 1.165) is 17.0 Å². The molecule has 0 radical (unpaired) electrons. The standard InChI is InChI=1S/C19H20ClN5O3S2/c1-25(14-8-3-2-4-9-14)13-7-12-21-30(27,28)19-24-23-18(29-19)22-17(26)15-10-5-6-11-16(15)20/h2-6,8-11,21H,7,12-13H2,1H3,(H,22,23,26). The van der Waals surface area contributed by atoms with Gasteiger partial charge in [0.2, 0.25) is 9.47 Å². The molecule has 0 bridgehead atoms. The number of carbonyl (C=O) groups excluding carboxylic acids is 1. The van der Waals surface area contributed by atoms with Crippen LogP contribution in [-0.4, -0.2) is 44.7 Å². The van der Waals surface area contributed by atoms with Crippen molar-refractivity contribution >= 4 is 49.7 Å². The van der Waals surface area contributed by atoms with E-state index < -0.39 is 15.9 Å². The van der Waals surface area contributed by atoms with Gasteiger partial charge < -0.3 is 4.90 Å². The number of para-hydroxylation sites is 1. The van der Waals surface area contributed by atoms with E-state index in [1.165, 1.54) is 0 Å². The SMILES string of the molecule is CN(CCCNS(=O)(=O)c1nnc(NC(=O)c2ccccc2Cl)s1)c1ccccc1. The summed E-state index contributed by atoms with van der Waals surface area (Å²) in [6.07, 6.45) is 0.611. The predicted octanol–water partition coefficient (Wildman–Crippen LogP) is 3.25. The lowest BCUT2D eigenvalue weighted by Gasteiger charge is -2.18. The van der Waals surface area contributed by atoms with Gasteiger partial charge >= 0.3 is 0 Å². The Morgan fingerprint density at radius 1 is 1.10 bits per heavy atom. The third-order valence-electron chi connectivity index (χ3n) is 4.13. The Labute approximate surface area is 184 Å². The van der Waals surface area contributed by atoms with E-state index in [-0.39, 0.29) is 26.6 Å². The zero-order valence-electron chi connectivity index (χ0n) is 16.1. The molecule has 0 saturated carbocycles. The van der Waals surface area contributed by atoms with Gasteiger partial charge in [0, 0.05) is 25.8 Å². The molecule has 0 atom stereocenters. The smallest absolute Gasteiger partial charge is 0.269 e. The third kappa shape index (κ3) is 5.76. The van der Waals surface area contributed by atoms with Crippen LogP contribution in [0.1, 0.15) is 16.8 Å². The van der Waals surface area contributed by atoms with Crippen molar-refractivity contribution in [3.8, 4) is 0 Å². The molecule has 3 aromatic rings. The highest BCUT2D eigenvalue weighted by Gasteiger charge is 2.21.